The molecule has 1 rings (SSSR count). The molecule has 1 aliphatic heterocycles. The molecule has 0 aromatic carbocycles. The van der Waals surface area contributed by atoms with E-state index < -0.39 is 12.6 Å². The summed E-state index contributed by atoms with van der Waals surface area (Å²) in [6.07, 6.45) is 3.97. The largest absolute Gasteiger partial charge is 0.389 e. The van der Waals surface area contributed by atoms with E-state index in [2.05, 4.69) is 0 Å². The normalized spacial score (nSPS) is 19.6. The van der Waals surface area contributed by atoms with Crippen molar-refractivity contribution in [1.29, 1.82) is 0 Å². The van der Waals surface area contributed by atoms with Gasteiger partial charge in [-0.3, -0.25) is 0 Å². The first-order chi connectivity index (χ1) is 9.58. The van der Waals surface area contributed by atoms with Crippen LogP contribution in [0.2, 0.25) is 0 Å². The highest BCUT2D eigenvalue weighted by atomic mass is 19.4. The molecule has 5 heteroatoms. The number of rotatable bonds is 11. The molecule has 0 bridgehead atoms. The average molecular weight is 296 g/mol. The van der Waals surface area contributed by atoms with Crippen LogP contribution in [0.4, 0.5) is 13.2 Å². The van der Waals surface area contributed by atoms with Crippen molar-refractivity contribution in [3.8, 4) is 0 Å². The Labute approximate surface area is 120 Å². The highest BCUT2D eigenvalue weighted by Gasteiger charge is 2.25. The zero-order chi connectivity index (χ0) is 14.7. The van der Waals surface area contributed by atoms with Gasteiger partial charge in [-0.25, -0.2) is 0 Å². The molecule has 1 atom stereocenters. The van der Waals surface area contributed by atoms with Crippen LogP contribution in [0.1, 0.15) is 64.2 Å². The van der Waals surface area contributed by atoms with Gasteiger partial charge in [0.1, 0.15) is 0 Å². The first kappa shape index (κ1) is 17.8. The molecule has 0 saturated carbocycles. The first-order valence-corrected chi connectivity index (χ1v) is 7.84. The highest BCUT2D eigenvalue weighted by molar-refractivity contribution is 4.63. The Balaban J connectivity index is 1.72. The number of hydrogen-bond donors (Lipinski definition) is 0. The lowest BCUT2D eigenvalue weighted by Crippen LogP contribution is -2.09. The third-order valence-electron chi connectivity index (χ3n) is 3.61. The molecule has 1 aliphatic rings. The molecule has 1 heterocycles. The summed E-state index contributed by atoms with van der Waals surface area (Å²) in [6, 6.07) is 0. The van der Waals surface area contributed by atoms with E-state index in [-0.39, 0.29) is 6.42 Å². The quantitative estimate of drug-likeness (QED) is 0.507. The lowest BCUT2D eigenvalue weighted by molar-refractivity contribution is -0.135. The lowest BCUT2D eigenvalue weighted by Gasteiger charge is -2.09. The minimum atomic E-state index is -3.99. The monoisotopic (exact) mass is 296 g/mol. The van der Waals surface area contributed by atoms with Crippen LogP contribution in [-0.4, -0.2) is 32.1 Å². The summed E-state index contributed by atoms with van der Waals surface area (Å²) in [7, 11) is 0. The second kappa shape index (κ2) is 10.4. The number of ether oxygens (including phenoxy) is 2. The van der Waals surface area contributed by atoms with Gasteiger partial charge >= 0.3 is 6.18 Å². The number of hydrogen-bond acceptors (Lipinski definition) is 2. The molecule has 1 saturated heterocycles. The Bertz CT molecular complexity index is 226. The maximum absolute atomic E-state index is 11.9. The van der Waals surface area contributed by atoms with Crippen LogP contribution in [0.25, 0.3) is 0 Å². The summed E-state index contributed by atoms with van der Waals surface area (Å²) in [5, 5.41) is 0. The molecule has 1 unspecified atom stereocenters. The van der Waals surface area contributed by atoms with E-state index in [1.54, 1.807) is 0 Å². The van der Waals surface area contributed by atoms with Crippen molar-refractivity contribution in [1.82, 2.24) is 0 Å². The molecular weight excluding hydrogens is 269 g/mol. The van der Waals surface area contributed by atoms with E-state index in [0.29, 0.717) is 12.5 Å². The molecule has 0 aromatic rings. The van der Waals surface area contributed by atoms with Gasteiger partial charge in [0.25, 0.3) is 0 Å². The molecular formula is C15H27F3O2. The van der Waals surface area contributed by atoms with E-state index in [1.165, 1.54) is 6.42 Å². The SMILES string of the molecule is FC(F)(F)CCCCCCCCOCCC1CCCO1. The smallest absolute Gasteiger partial charge is 0.381 e. The Kier molecular flexibility index (Phi) is 9.27. The van der Waals surface area contributed by atoms with E-state index in [4.69, 9.17) is 9.47 Å². The zero-order valence-corrected chi connectivity index (χ0v) is 12.2. The van der Waals surface area contributed by atoms with Gasteiger partial charge in [0.15, 0.2) is 0 Å². The Morgan fingerprint density at radius 1 is 0.950 bits per heavy atom. The molecule has 20 heavy (non-hydrogen) atoms. The third kappa shape index (κ3) is 10.5. The third-order valence-corrected chi connectivity index (χ3v) is 3.61. The highest BCUT2D eigenvalue weighted by Crippen LogP contribution is 2.23. The maximum atomic E-state index is 11.9. The van der Waals surface area contributed by atoms with Crippen molar-refractivity contribution in [3.05, 3.63) is 0 Å². The van der Waals surface area contributed by atoms with Gasteiger partial charge in [-0.05, 0) is 32.1 Å². The summed E-state index contributed by atoms with van der Waals surface area (Å²) in [5.41, 5.74) is 0. The topological polar surface area (TPSA) is 18.5 Å². The molecule has 0 aliphatic carbocycles. The van der Waals surface area contributed by atoms with Crippen LogP contribution in [0.5, 0.6) is 0 Å². The second-order valence-electron chi connectivity index (χ2n) is 5.52. The minimum Gasteiger partial charge on any atom is -0.381 e. The van der Waals surface area contributed by atoms with Gasteiger partial charge in [0, 0.05) is 26.2 Å². The molecule has 0 radical (unpaired) electrons. The van der Waals surface area contributed by atoms with Crippen LogP contribution in [-0.2, 0) is 9.47 Å². The molecule has 2 nitrogen and oxygen atoms in total. The fraction of sp³-hybridized carbons (Fsp3) is 1.00. The molecule has 120 valence electrons. The zero-order valence-electron chi connectivity index (χ0n) is 12.2. The van der Waals surface area contributed by atoms with Gasteiger partial charge < -0.3 is 9.47 Å². The van der Waals surface area contributed by atoms with Gasteiger partial charge in [0.05, 0.1) is 6.10 Å². The summed E-state index contributed by atoms with van der Waals surface area (Å²) >= 11 is 0. The Hall–Kier alpha value is -0.290. The van der Waals surface area contributed by atoms with Gasteiger partial charge in [-0.1, -0.05) is 25.7 Å². The van der Waals surface area contributed by atoms with Crippen molar-refractivity contribution in [3.63, 3.8) is 0 Å². The van der Waals surface area contributed by atoms with Gasteiger partial charge in [-0.2, -0.15) is 13.2 Å². The summed E-state index contributed by atoms with van der Waals surface area (Å²) in [6.45, 7) is 2.41. The van der Waals surface area contributed by atoms with Crippen LogP contribution < -0.4 is 0 Å². The maximum Gasteiger partial charge on any atom is 0.389 e. The summed E-state index contributed by atoms with van der Waals surface area (Å²) < 4.78 is 46.7. The molecule has 0 amide bonds. The molecule has 1 fully saturated rings. The fourth-order valence-corrected chi connectivity index (χ4v) is 2.43. The van der Waals surface area contributed by atoms with Crippen LogP contribution in [0.3, 0.4) is 0 Å². The minimum absolute atomic E-state index is 0.265. The van der Waals surface area contributed by atoms with Crippen molar-refractivity contribution in [2.45, 2.75) is 76.5 Å². The standard InChI is InChI=1S/C15H27F3O2/c16-15(17,18)10-5-3-1-2-4-6-11-19-13-9-14-8-7-12-20-14/h14H,1-13H2. The van der Waals surface area contributed by atoms with E-state index in [9.17, 15) is 13.2 Å². The van der Waals surface area contributed by atoms with E-state index in [0.717, 1.165) is 58.3 Å². The first-order valence-electron chi connectivity index (χ1n) is 7.84. The predicted molar refractivity (Wildman–Crippen MR) is 72.8 cm³/mol. The fourth-order valence-electron chi connectivity index (χ4n) is 2.43. The number of unbranched alkanes of at least 4 members (excludes halogenated alkanes) is 5. The van der Waals surface area contributed by atoms with Crippen LogP contribution in [0, 0.1) is 0 Å². The van der Waals surface area contributed by atoms with Crippen molar-refractivity contribution in [2.24, 2.45) is 0 Å². The average Bonchev–Trinajstić information content (AvgIpc) is 2.87. The second-order valence-corrected chi connectivity index (χ2v) is 5.52. The number of halogens is 3. The lowest BCUT2D eigenvalue weighted by atomic mass is 10.1. The van der Waals surface area contributed by atoms with Gasteiger partial charge in [0.2, 0.25) is 0 Å². The van der Waals surface area contributed by atoms with E-state index >= 15 is 0 Å². The molecule has 0 spiro atoms. The van der Waals surface area contributed by atoms with Crippen LogP contribution in [0.15, 0.2) is 0 Å². The van der Waals surface area contributed by atoms with Crippen molar-refractivity contribution in [2.75, 3.05) is 19.8 Å². The van der Waals surface area contributed by atoms with Crippen molar-refractivity contribution >= 4 is 0 Å². The predicted octanol–water partition coefficient (Wildman–Crippen LogP) is 4.87. The summed E-state index contributed by atoms with van der Waals surface area (Å²) in [5.74, 6) is 0. The molecule has 0 aromatic heterocycles. The van der Waals surface area contributed by atoms with Crippen LogP contribution >= 0.6 is 0 Å². The molecule has 0 N–H and O–H groups in total. The number of alkyl halides is 3. The van der Waals surface area contributed by atoms with Gasteiger partial charge in [-0.15, -0.1) is 0 Å². The summed E-state index contributed by atoms with van der Waals surface area (Å²) in [4.78, 5) is 0. The van der Waals surface area contributed by atoms with Crippen molar-refractivity contribution < 1.29 is 22.6 Å². The Morgan fingerprint density at radius 2 is 1.65 bits per heavy atom. The Morgan fingerprint density at radius 3 is 2.30 bits per heavy atom. The van der Waals surface area contributed by atoms with E-state index in [1.807, 2.05) is 0 Å².